The van der Waals surface area contributed by atoms with Crippen molar-refractivity contribution in [3.05, 3.63) is 48.4 Å². The van der Waals surface area contributed by atoms with Crippen LogP contribution in [-0.2, 0) is 6.61 Å². The van der Waals surface area contributed by atoms with Crippen LogP contribution in [0.5, 0.6) is 0 Å². The van der Waals surface area contributed by atoms with Crippen LogP contribution in [0.3, 0.4) is 0 Å². The molecule has 0 unspecified atom stereocenters. The number of nitrogens with zero attached hydrogens (tertiary/aromatic N) is 4. The van der Waals surface area contributed by atoms with Crippen molar-refractivity contribution < 1.29 is 5.11 Å². The Morgan fingerprint density at radius 3 is 2.70 bits per heavy atom. The van der Waals surface area contributed by atoms with Crippen LogP contribution in [0.1, 0.15) is 5.69 Å². The maximum Gasteiger partial charge on any atom is 0.137 e. The number of rotatable bonds is 3. The van der Waals surface area contributed by atoms with Crippen LogP contribution in [0.2, 0.25) is 0 Å². The molecular weight excluding hydrogens is 252 g/mol. The van der Waals surface area contributed by atoms with Crippen molar-refractivity contribution >= 4 is 11.5 Å². The van der Waals surface area contributed by atoms with Gasteiger partial charge in [0.15, 0.2) is 0 Å². The summed E-state index contributed by atoms with van der Waals surface area (Å²) >= 11 is 0. The normalized spacial score (nSPS) is 10.9. The summed E-state index contributed by atoms with van der Waals surface area (Å²) < 4.78 is 1.97. The van der Waals surface area contributed by atoms with Crippen LogP contribution >= 0.6 is 0 Å². The largest absolute Gasteiger partial charge is 0.390 e. The van der Waals surface area contributed by atoms with Gasteiger partial charge in [0.05, 0.1) is 18.0 Å². The fourth-order valence-corrected chi connectivity index (χ4v) is 2.25. The predicted molar refractivity (Wildman–Crippen MR) is 78.7 cm³/mol. The first-order valence-corrected chi connectivity index (χ1v) is 6.41. The zero-order valence-electron chi connectivity index (χ0n) is 11.5. The van der Waals surface area contributed by atoms with Crippen molar-refractivity contribution in [2.24, 2.45) is 0 Å². The molecule has 5 heteroatoms. The average Bonchev–Trinajstić information content (AvgIpc) is 2.85. The number of aliphatic hydroxyl groups is 1. The minimum Gasteiger partial charge on any atom is -0.390 e. The molecule has 0 aliphatic heterocycles. The van der Waals surface area contributed by atoms with E-state index in [-0.39, 0.29) is 6.61 Å². The van der Waals surface area contributed by atoms with Crippen molar-refractivity contribution in [1.82, 2.24) is 14.4 Å². The van der Waals surface area contributed by atoms with E-state index < -0.39 is 0 Å². The molecule has 3 rings (SSSR count). The number of hydrogen-bond donors (Lipinski definition) is 1. The van der Waals surface area contributed by atoms with Gasteiger partial charge in [0.25, 0.3) is 0 Å². The van der Waals surface area contributed by atoms with E-state index in [1.54, 1.807) is 0 Å². The van der Waals surface area contributed by atoms with Crippen LogP contribution in [0.25, 0.3) is 16.9 Å². The zero-order chi connectivity index (χ0) is 14.1. The standard InChI is InChI=1S/C15H16N4O/c1-18(2)13-7-6-11(9-16-13)15-12(10-20)17-14-5-3-4-8-19(14)15/h3-9,20H,10H2,1-2H3. The molecule has 0 saturated carbocycles. The van der Waals surface area contributed by atoms with Gasteiger partial charge in [0.2, 0.25) is 0 Å². The van der Waals surface area contributed by atoms with E-state index in [0.717, 1.165) is 22.7 Å². The van der Waals surface area contributed by atoms with Crippen molar-refractivity contribution in [2.45, 2.75) is 6.61 Å². The topological polar surface area (TPSA) is 53.7 Å². The lowest BCUT2D eigenvalue weighted by atomic mass is 10.1. The van der Waals surface area contributed by atoms with Crippen LogP contribution in [-0.4, -0.2) is 33.6 Å². The molecule has 20 heavy (non-hydrogen) atoms. The number of imidazole rings is 1. The summed E-state index contributed by atoms with van der Waals surface area (Å²) in [5.74, 6) is 0.896. The highest BCUT2D eigenvalue weighted by Crippen LogP contribution is 2.25. The summed E-state index contributed by atoms with van der Waals surface area (Å²) in [6, 6.07) is 9.75. The minimum atomic E-state index is -0.0908. The van der Waals surface area contributed by atoms with Crippen LogP contribution < -0.4 is 4.90 Å². The van der Waals surface area contributed by atoms with Gasteiger partial charge in [-0.1, -0.05) is 6.07 Å². The van der Waals surface area contributed by atoms with Crippen LogP contribution in [0.4, 0.5) is 5.82 Å². The SMILES string of the molecule is CN(C)c1ccc(-c2c(CO)nc3ccccn23)cn1. The Morgan fingerprint density at radius 1 is 1.20 bits per heavy atom. The van der Waals surface area contributed by atoms with Gasteiger partial charge < -0.3 is 10.0 Å². The van der Waals surface area contributed by atoms with Crippen molar-refractivity contribution in [1.29, 1.82) is 0 Å². The molecule has 5 nitrogen and oxygen atoms in total. The first-order chi connectivity index (χ1) is 9.70. The molecule has 0 aromatic carbocycles. The molecule has 3 aromatic rings. The summed E-state index contributed by atoms with van der Waals surface area (Å²) in [5, 5.41) is 9.52. The summed E-state index contributed by atoms with van der Waals surface area (Å²) in [7, 11) is 3.91. The number of pyridine rings is 2. The van der Waals surface area contributed by atoms with E-state index in [0.29, 0.717) is 5.69 Å². The maximum absolute atomic E-state index is 9.52. The zero-order valence-corrected chi connectivity index (χ0v) is 11.5. The lowest BCUT2D eigenvalue weighted by Gasteiger charge is -2.11. The molecule has 0 aliphatic carbocycles. The van der Waals surface area contributed by atoms with E-state index in [1.165, 1.54) is 0 Å². The van der Waals surface area contributed by atoms with Gasteiger partial charge in [-0.25, -0.2) is 9.97 Å². The lowest BCUT2D eigenvalue weighted by Crippen LogP contribution is -2.10. The quantitative estimate of drug-likeness (QED) is 0.789. The Kier molecular flexibility index (Phi) is 3.12. The van der Waals surface area contributed by atoms with Crippen molar-refractivity contribution in [2.75, 3.05) is 19.0 Å². The van der Waals surface area contributed by atoms with Crippen molar-refractivity contribution in [3.63, 3.8) is 0 Å². The molecule has 0 spiro atoms. The number of anilines is 1. The molecule has 0 fully saturated rings. The fraction of sp³-hybridized carbons (Fsp3) is 0.200. The van der Waals surface area contributed by atoms with Gasteiger partial charge in [-0.15, -0.1) is 0 Å². The third-order valence-electron chi connectivity index (χ3n) is 3.23. The van der Waals surface area contributed by atoms with Crippen LogP contribution in [0, 0.1) is 0 Å². The molecule has 1 N–H and O–H groups in total. The molecule has 0 radical (unpaired) electrons. The van der Waals surface area contributed by atoms with Gasteiger partial charge in [-0.2, -0.15) is 0 Å². The molecular formula is C15H16N4O. The fourth-order valence-electron chi connectivity index (χ4n) is 2.25. The Morgan fingerprint density at radius 2 is 2.05 bits per heavy atom. The van der Waals surface area contributed by atoms with E-state index in [4.69, 9.17) is 0 Å². The molecule has 0 aliphatic rings. The third kappa shape index (κ3) is 2.02. The van der Waals surface area contributed by atoms with Crippen molar-refractivity contribution in [3.8, 4) is 11.3 Å². The third-order valence-corrected chi connectivity index (χ3v) is 3.23. The maximum atomic E-state index is 9.52. The Hall–Kier alpha value is -2.40. The summed E-state index contributed by atoms with van der Waals surface area (Å²) in [6.45, 7) is -0.0908. The Bertz CT molecular complexity index is 731. The number of aromatic nitrogens is 3. The predicted octanol–water partition coefficient (Wildman–Crippen LogP) is 1.95. The number of hydrogen-bond acceptors (Lipinski definition) is 4. The van der Waals surface area contributed by atoms with Gasteiger partial charge in [-0.05, 0) is 24.3 Å². The Labute approximate surface area is 117 Å². The van der Waals surface area contributed by atoms with Gasteiger partial charge in [0, 0.05) is 32.1 Å². The second kappa shape index (κ2) is 4.94. The minimum absolute atomic E-state index is 0.0908. The number of aliphatic hydroxyl groups excluding tert-OH is 1. The average molecular weight is 268 g/mol. The van der Waals surface area contributed by atoms with E-state index in [9.17, 15) is 5.11 Å². The van der Waals surface area contributed by atoms with Gasteiger partial charge >= 0.3 is 0 Å². The first kappa shape index (κ1) is 12.6. The number of fused-ring (bicyclic) bond motifs is 1. The second-order valence-corrected chi connectivity index (χ2v) is 4.79. The monoisotopic (exact) mass is 268 g/mol. The highest BCUT2D eigenvalue weighted by molar-refractivity contribution is 5.67. The second-order valence-electron chi connectivity index (χ2n) is 4.79. The smallest absolute Gasteiger partial charge is 0.137 e. The summed E-state index contributed by atoms with van der Waals surface area (Å²) in [4.78, 5) is 10.8. The molecule has 0 bridgehead atoms. The van der Waals surface area contributed by atoms with Gasteiger partial charge in [0.1, 0.15) is 11.5 Å². The molecule has 102 valence electrons. The van der Waals surface area contributed by atoms with E-state index in [1.807, 2.05) is 66.1 Å². The van der Waals surface area contributed by atoms with E-state index >= 15 is 0 Å². The molecule has 3 heterocycles. The molecule has 3 aromatic heterocycles. The summed E-state index contributed by atoms with van der Waals surface area (Å²) in [5.41, 5.74) is 3.32. The van der Waals surface area contributed by atoms with Crippen LogP contribution in [0.15, 0.2) is 42.7 Å². The highest BCUT2D eigenvalue weighted by atomic mass is 16.3. The lowest BCUT2D eigenvalue weighted by molar-refractivity contribution is 0.278. The highest BCUT2D eigenvalue weighted by Gasteiger charge is 2.13. The van der Waals surface area contributed by atoms with E-state index in [2.05, 4.69) is 9.97 Å². The first-order valence-electron chi connectivity index (χ1n) is 6.41. The molecule has 0 saturated heterocycles. The summed E-state index contributed by atoms with van der Waals surface area (Å²) in [6.07, 6.45) is 3.75. The Balaban J connectivity index is 2.17. The molecule has 0 atom stereocenters. The molecule has 0 amide bonds. The van der Waals surface area contributed by atoms with Gasteiger partial charge in [-0.3, -0.25) is 4.40 Å².